The summed E-state index contributed by atoms with van der Waals surface area (Å²) in [6, 6.07) is 11.4. The van der Waals surface area contributed by atoms with Gasteiger partial charge in [-0.25, -0.2) is 8.42 Å². The number of sulfone groups is 1. The minimum absolute atomic E-state index is 0.0195. The Labute approximate surface area is 165 Å². The van der Waals surface area contributed by atoms with Gasteiger partial charge in [-0.15, -0.1) is 6.42 Å². The van der Waals surface area contributed by atoms with Crippen molar-refractivity contribution in [2.24, 2.45) is 4.99 Å². The first kappa shape index (κ1) is 19.4. The summed E-state index contributed by atoms with van der Waals surface area (Å²) < 4.78 is 27.1. The summed E-state index contributed by atoms with van der Waals surface area (Å²) in [6.07, 6.45) is 5.45. The Bertz CT molecular complexity index is 1250. The van der Waals surface area contributed by atoms with E-state index in [0.29, 0.717) is 9.82 Å². The highest BCUT2D eigenvalue weighted by Crippen LogP contribution is 2.22. The van der Waals surface area contributed by atoms with Crippen molar-refractivity contribution < 1.29 is 13.2 Å². The Hall–Kier alpha value is -2.40. The van der Waals surface area contributed by atoms with Crippen LogP contribution in [0.2, 0.25) is 5.02 Å². The third-order valence-electron chi connectivity index (χ3n) is 3.92. The van der Waals surface area contributed by atoms with Crippen LogP contribution in [0, 0.1) is 12.3 Å². The van der Waals surface area contributed by atoms with Gasteiger partial charge in [-0.2, -0.15) is 4.99 Å². The minimum atomic E-state index is -3.55. The van der Waals surface area contributed by atoms with Gasteiger partial charge in [-0.3, -0.25) is 4.79 Å². The summed E-state index contributed by atoms with van der Waals surface area (Å²) in [6.45, 7) is 1.76. The lowest BCUT2D eigenvalue weighted by Gasteiger charge is -2.06. The smallest absolute Gasteiger partial charge is 0.280 e. The van der Waals surface area contributed by atoms with Crippen molar-refractivity contribution in [2.75, 3.05) is 5.75 Å². The second-order valence-electron chi connectivity index (χ2n) is 5.60. The number of benzene rings is 2. The van der Waals surface area contributed by atoms with Crippen LogP contribution in [0.25, 0.3) is 10.2 Å². The number of aromatic nitrogens is 1. The van der Waals surface area contributed by atoms with E-state index in [0.717, 1.165) is 10.2 Å². The molecule has 1 aromatic heterocycles. The molecule has 0 spiro atoms. The molecule has 0 bridgehead atoms. The molecule has 0 radical (unpaired) electrons. The Morgan fingerprint density at radius 3 is 2.74 bits per heavy atom. The van der Waals surface area contributed by atoms with Gasteiger partial charge in [0.15, 0.2) is 14.6 Å². The monoisotopic (exact) mass is 418 g/mol. The average Bonchev–Trinajstić information content (AvgIpc) is 2.98. The van der Waals surface area contributed by atoms with E-state index in [-0.39, 0.29) is 22.8 Å². The zero-order chi connectivity index (χ0) is 19.6. The molecule has 0 N–H and O–H groups in total. The first-order valence-electron chi connectivity index (χ1n) is 8.00. The van der Waals surface area contributed by atoms with Crippen molar-refractivity contribution in [3.63, 3.8) is 0 Å². The molecular formula is C19H15ClN2O3S2. The third kappa shape index (κ3) is 3.83. The topological polar surface area (TPSA) is 68.5 Å². The van der Waals surface area contributed by atoms with Crippen LogP contribution in [0.1, 0.15) is 17.3 Å². The van der Waals surface area contributed by atoms with E-state index in [9.17, 15) is 13.2 Å². The highest BCUT2D eigenvalue weighted by atomic mass is 35.5. The Morgan fingerprint density at radius 2 is 2.04 bits per heavy atom. The van der Waals surface area contributed by atoms with Gasteiger partial charge in [0.2, 0.25) is 0 Å². The molecule has 0 unspecified atom stereocenters. The normalized spacial score (nSPS) is 12.3. The number of halogens is 1. The molecule has 3 aromatic rings. The molecule has 1 amide bonds. The van der Waals surface area contributed by atoms with Gasteiger partial charge in [-0.1, -0.05) is 47.9 Å². The van der Waals surface area contributed by atoms with Crippen LogP contribution < -0.4 is 4.80 Å². The summed E-state index contributed by atoms with van der Waals surface area (Å²) in [5.74, 6) is 1.81. The number of carbonyl (C=O) groups is 1. The third-order valence-corrected chi connectivity index (χ3v) is 6.99. The molecule has 8 heteroatoms. The van der Waals surface area contributed by atoms with Crippen LogP contribution in [0.15, 0.2) is 52.4 Å². The van der Waals surface area contributed by atoms with Crippen LogP contribution in [0.4, 0.5) is 0 Å². The predicted molar refractivity (Wildman–Crippen MR) is 108 cm³/mol. The summed E-state index contributed by atoms with van der Waals surface area (Å²) in [4.78, 5) is 17.3. The standard InChI is InChI=1S/C19H15ClN2O3S2/c1-3-11-22-15-10-9-13(20)12-16(15)26-19(22)21-18(23)14-7-5-6-8-17(14)27(24,25)4-2/h1,5-10,12H,4,11H2,2H3. The van der Waals surface area contributed by atoms with Crippen molar-refractivity contribution in [2.45, 2.75) is 18.4 Å². The largest absolute Gasteiger partial charge is 0.305 e. The maximum atomic E-state index is 12.8. The number of thiazole rings is 1. The minimum Gasteiger partial charge on any atom is -0.305 e. The number of terminal acetylenes is 1. The Kier molecular flexibility index (Phi) is 5.51. The maximum Gasteiger partial charge on any atom is 0.280 e. The molecule has 0 fully saturated rings. The molecular weight excluding hydrogens is 404 g/mol. The number of fused-ring (bicyclic) bond motifs is 1. The molecule has 3 rings (SSSR count). The summed E-state index contributed by atoms with van der Waals surface area (Å²) >= 11 is 7.30. The zero-order valence-corrected chi connectivity index (χ0v) is 16.7. The van der Waals surface area contributed by atoms with Crippen LogP contribution in [0.3, 0.4) is 0 Å². The second-order valence-corrected chi connectivity index (χ2v) is 9.30. The number of amides is 1. The van der Waals surface area contributed by atoms with E-state index in [4.69, 9.17) is 18.0 Å². The fourth-order valence-corrected chi connectivity index (χ4v) is 4.98. The Balaban J connectivity index is 2.20. The number of hydrogen-bond acceptors (Lipinski definition) is 4. The van der Waals surface area contributed by atoms with Crippen molar-refractivity contribution in [3.05, 3.63) is 57.9 Å². The van der Waals surface area contributed by atoms with Gasteiger partial charge in [0.1, 0.15) is 0 Å². The lowest BCUT2D eigenvalue weighted by molar-refractivity contribution is 0.0994. The maximum absolute atomic E-state index is 12.8. The van der Waals surface area contributed by atoms with Crippen LogP contribution in [-0.2, 0) is 16.4 Å². The molecule has 0 aliphatic heterocycles. The molecule has 1 heterocycles. The highest BCUT2D eigenvalue weighted by Gasteiger charge is 2.20. The van der Waals surface area contributed by atoms with Gasteiger partial charge in [0.25, 0.3) is 5.91 Å². The first-order valence-corrected chi connectivity index (χ1v) is 10.8. The Morgan fingerprint density at radius 1 is 1.30 bits per heavy atom. The molecule has 138 valence electrons. The van der Waals surface area contributed by atoms with Gasteiger partial charge in [0, 0.05) is 5.02 Å². The lowest BCUT2D eigenvalue weighted by atomic mass is 10.2. The van der Waals surface area contributed by atoms with E-state index >= 15 is 0 Å². The molecule has 5 nitrogen and oxygen atoms in total. The molecule has 0 aliphatic rings. The van der Waals surface area contributed by atoms with Crippen molar-refractivity contribution >= 4 is 48.9 Å². The van der Waals surface area contributed by atoms with Crippen molar-refractivity contribution in [1.82, 2.24) is 4.57 Å². The first-order chi connectivity index (χ1) is 12.9. The summed E-state index contributed by atoms with van der Waals surface area (Å²) in [5.41, 5.74) is 0.852. The lowest BCUT2D eigenvalue weighted by Crippen LogP contribution is -2.17. The number of rotatable bonds is 4. The van der Waals surface area contributed by atoms with Crippen LogP contribution in [-0.4, -0.2) is 24.6 Å². The van der Waals surface area contributed by atoms with E-state index in [1.807, 2.05) is 6.07 Å². The highest BCUT2D eigenvalue weighted by molar-refractivity contribution is 7.91. The molecule has 0 saturated heterocycles. The van der Waals surface area contributed by atoms with Gasteiger partial charge in [-0.05, 0) is 30.3 Å². The number of carbonyl (C=O) groups excluding carboxylic acids is 1. The second kappa shape index (κ2) is 7.69. The molecule has 27 heavy (non-hydrogen) atoms. The van der Waals surface area contributed by atoms with Gasteiger partial charge >= 0.3 is 0 Å². The number of hydrogen-bond donors (Lipinski definition) is 0. The predicted octanol–water partition coefficient (Wildman–Crippen LogP) is 3.52. The molecule has 0 aliphatic carbocycles. The van der Waals surface area contributed by atoms with Crippen LogP contribution >= 0.6 is 22.9 Å². The van der Waals surface area contributed by atoms with E-state index < -0.39 is 15.7 Å². The fourth-order valence-electron chi connectivity index (χ4n) is 2.59. The fraction of sp³-hybridized carbons (Fsp3) is 0.158. The van der Waals surface area contributed by atoms with E-state index in [1.165, 1.54) is 30.4 Å². The van der Waals surface area contributed by atoms with Gasteiger partial charge in [0.05, 0.1) is 33.0 Å². The molecule has 2 aromatic carbocycles. The quantitative estimate of drug-likeness (QED) is 0.608. The van der Waals surface area contributed by atoms with E-state index in [2.05, 4.69) is 10.9 Å². The number of nitrogens with zero attached hydrogens (tertiary/aromatic N) is 2. The van der Waals surface area contributed by atoms with Crippen molar-refractivity contribution in [3.8, 4) is 12.3 Å². The SMILES string of the molecule is C#CCn1c(=NC(=O)c2ccccc2S(=O)(=O)CC)sc2cc(Cl)ccc21. The van der Waals surface area contributed by atoms with Crippen LogP contribution in [0.5, 0.6) is 0 Å². The van der Waals surface area contributed by atoms with E-state index in [1.54, 1.807) is 28.8 Å². The van der Waals surface area contributed by atoms with Crippen molar-refractivity contribution in [1.29, 1.82) is 0 Å². The molecule has 0 saturated carbocycles. The zero-order valence-electron chi connectivity index (χ0n) is 14.3. The van der Waals surface area contributed by atoms with Gasteiger partial charge < -0.3 is 4.57 Å². The summed E-state index contributed by atoms with van der Waals surface area (Å²) in [5, 5.41) is 0.564. The molecule has 0 atom stereocenters. The average molecular weight is 419 g/mol. The summed E-state index contributed by atoms with van der Waals surface area (Å²) in [7, 11) is -3.55.